The molecule has 1 heterocycles. The van der Waals surface area contributed by atoms with E-state index in [0.29, 0.717) is 17.5 Å². The van der Waals surface area contributed by atoms with E-state index >= 15 is 0 Å². The predicted octanol–water partition coefficient (Wildman–Crippen LogP) is 4.75. The maximum atomic E-state index is 3.91. The lowest BCUT2D eigenvalue weighted by Gasteiger charge is -2.40. The Morgan fingerprint density at radius 2 is 1.95 bits per heavy atom. The van der Waals surface area contributed by atoms with Crippen molar-refractivity contribution < 1.29 is 0 Å². The van der Waals surface area contributed by atoms with E-state index in [0.717, 1.165) is 0 Å². The van der Waals surface area contributed by atoms with Crippen molar-refractivity contribution in [2.24, 2.45) is 5.41 Å². The van der Waals surface area contributed by atoms with Gasteiger partial charge < -0.3 is 5.32 Å². The standard InChI is InChI=1S/C19H29NS/c1-14(20-18-13-21-11-10-19(18,2)3)16-9-8-15-6-4-5-7-17(15)12-16/h8-9,12,14,18,20H,4-7,10-11,13H2,1-3H3. The quantitative estimate of drug-likeness (QED) is 0.865. The van der Waals surface area contributed by atoms with Crippen LogP contribution in [0.5, 0.6) is 0 Å². The van der Waals surface area contributed by atoms with E-state index in [1.807, 2.05) is 0 Å². The van der Waals surface area contributed by atoms with Crippen molar-refractivity contribution >= 4 is 11.8 Å². The summed E-state index contributed by atoms with van der Waals surface area (Å²) < 4.78 is 0. The third-order valence-corrected chi connectivity index (χ3v) is 6.50. The molecule has 0 bridgehead atoms. The normalized spacial score (nSPS) is 26.1. The summed E-state index contributed by atoms with van der Waals surface area (Å²) in [6, 6.07) is 8.28. The SMILES string of the molecule is CC(NC1CSCCC1(C)C)c1ccc2c(c1)CCCC2. The van der Waals surface area contributed by atoms with Crippen molar-refractivity contribution in [3.8, 4) is 0 Å². The second-order valence-corrected chi connectivity index (χ2v) is 8.64. The minimum absolute atomic E-state index is 0.424. The average Bonchev–Trinajstić information content (AvgIpc) is 2.48. The van der Waals surface area contributed by atoms with Gasteiger partial charge in [0.1, 0.15) is 0 Å². The Labute approximate surface area is 134 Å². The number of benzene rings is 1. The van der Waals surface area contributed by atoms with Crippen molar-refractivity contribution in [1.82, 2.24) is 5.32 Å². The Kier molecular flexibility index (Phi) is 4.66. The first-order chi connectivity index (χ1) is 10.1. The molecule has 0 amide bonds. The second-order valence-electron chi connectivity index (χ2n) is 7.49. The van der Waals surface area contributed by atoms with E-state index in [1.54, 1.807) is 11.1 Å². The smallest absolute Gasteiger partial charge is 0.0295 e. The zero-order valence-electron chi connectivity index (χ0n) is 13.7. The summed E-state index contributed by atoms with van der Waals surface area (Å²) in [7, 11) is 0. The van der Waals surface area contributed by atoms with Crippen LogP contribution in [0.2, 0.25) is 0 Å². The summed E-state index contributed by atoms with van der Waals surface area (Å²) in [4.78, 5) is 0. The van der Waals surface area contributed by atoms with Crippen LogP contribution in [-0.4, -0.2) is 17.5 Å². The number of rotatable bonds is 3. The van der Waals surface area contributed by atoms with Gasteiger partial charge in [-0.1, -0.05) is 32.0 Å². The van der Waals surface area contributed by atoms with Crippen molar-refractivity contribution in [3.63, 3.8) is 0 Å². The Morgan fingerprint density at radius 3 is 2.71 bits per heavy atom. The van der Waals surface area contributed by atoms with Gasteiger partial charge in [0.2, 0.25) is 0 Å². The molecule has 2 unspecified atom stereocenters. The van der Waals surface area contributed by atoms with E-state index < -0.39 is 0 Å². The van der Waals surface area contributed by atoms with E-state index in [9.17, 15) is 0 Å². The van der Waals surface area contributed by atoms with Crippen LogP contribution < -0.4 is 5.32 Å². The van der Waals surface area contributed by atoms with Gasteiger partial charge in [0.15, 0.2) is 0 Å². The molecule has 0 saturated carbocycles. The molecule has 1 N–H and O–H groups in total. The zero-order valence-corrected chi connectivity index (χ0v) is 14.6. The molecule has 0 radical (unpaired) electrons. The number of thioether (sulfide) groups is 1. The Morgan fingerprint density at radius 1 is 1.19 bits per heavy atom. The monoisotopic (exact) mass is 303 g/mol. The maximum Gasteiger partial charge on any atom is 0.0295 e. The zero-order chi connectivity index (χ0) is 14.9. The van der Waals surface area contributed by atoms with Crippen molar-refractivity contribution in [2.45, 2.75) is 65.0 Å². The Bertz CT molecular complexity index is 494. The molecular formula is C19H29NS. The van der Waals surface area contributed by atoms with Crippen LogP contribution in [0.25, 0.3) is 0 Å². The molecule has 116 valence electrons. The van der Waals surface area contributed by atoms with Crippen LogP contribution in [-0.2, 0) is 12.8 Å². The molecule has 2 atom stereocenters. The Balaban J connectivity index is 1.71. The van der Waals surface area contributed by atoms with Gasteiger partial charge in [-0.2, -0.15) is 11.8 Å². The molecule has 2 heteroatoms. The fraction of sp³-hybridized carbons (Fsp3) is 0.684. The van der Waals surface area contributed by atoms with Crippen LogP contribution in [0.3, 0.4) is 0 Å². The molecule has 0 spiro atoms. The van der Waals surface area contributed by atoms with Gasteiger partial charge >= 0.3 is 0 Å². The average molecular weight is 304 g/mol. The molecule has 1 nitrogen and oxygen atoms in total. The molecule has 0 aromatic heterocycles. The summed E-state index contributed by atoms with van der Waals surface area (Å²) in [6.07, 6.45) is 6.62. The van der Waals surface area contributed by atoms with E-state index in [-0.39, 0.29) is 0 Å². The molecule has 3 rings (SSSR count). The molecule has 1 saturated heterocycles. The number of hydrogen-bond acceptors (Lipinski definition) is 2. The number of aryl methyl sites for hydroxylation is 2. The molecule has 2 aliphatic rings. The summed E-state index contributed by atoms with van der Waals surface area (Å²) in [5.41, 5.74) is 5.09. The van der Waals surface area contributed by atoms with Gasteiger partial charge in [-0.3, -0.25) is 0 Å². The van der Waals surface area contributed by atoms with Crippen LogP contribution in [0.1, 0.15) is 62.8 Å². The number of fused-ring (bicyclic) bond motifs is 1. The maximum absolute atomic E-state index is 3.91. The highest BCUT2D eigenvalue weighted by Crippen LogP contribution is 2.35. The first-order valence-corrected chi connectivity index (χ1v) is 9.67. The van der Waals surface area contributed by atoms with Crippen LogP contribution in [0, 0.1) is 5.41 Å². The molecule has 21 heavy (non-hydrogen) atoms. The molecule has 1 aliphatic heterocycles. The first kappa shape index (κ1) is 15.4. The van der Waals surface area contributed by atoms with Gasteiger partial charge in [0.25, 0.3) is 0 Å². The molecule has 1 aliphatic carbocycles. The Hall–Kier alpha value is -0.470. The minimum Gasteiger partial charge on any atom is -0.306 e. The largest absolute Gasteiger partial charge is 0.306 e. The van der Waals surface area contributed by atoms with Crippen molar-refractivity contribution in [1.29, 1.82) is 0 Å². The summed E-state index contributed by atoms with van der Waals surface area (Å²) in [5, 5.41) is 3.91. The third-order valence-electron chi connectivity index (χ3n) is 5.44. The van der Waals surface area contributed by atoms with Gasteiger partial charge in [-0.15, -0.1) is 0 Å². The van der Waals surface area contributed by atoms with Gasteiger partial charge in [-0.25, -0.2) is 0 Å². The summed E-state index contributed by atoms with van der Waals surface area (Å²) in [5.74, 6) is 2.57. The highest BCUT2D eigenvalue weighted by molar-refractivity contribution is 7.99. The van der Waals surface area contributed by atoms with Gasteiger partial charge in [-0.05, 0) is 66.9 Å². The molecular weight excluding hydrogens is 274 g/mol. The minimum atomic E-state index is 0.424. The van der Waals surface area contributed by atoms with Crippen LogP contribution in [0.15, 0.2) is 18.2 Å². The number of hydrogen-bond donors (Lipinski definition) is 1. The summed E-state index contributed by atoms with van der Waals surface area (Å²) >= 11 is 2.10. The van der Waals surface area contributed by atoms with E-state index in [2.05, 4.69) is 56.0 Å². The lowest BCUT2D eigenvalue weighted by atomic mass is 9.81. The predicted molar refractivity (Wildman–Crippen MR) is 94.1 cm³/mol. The third kappa shape index (κ3) is 3.48. The topological polar surface area (TPSA) is 12.0 Å². The highest BCUT2D eigenvalue weighted by Gasteiger charge is 2.33. The van der Waals surface area contributed by atoms with E-state index in [1.165, 1.54) is 49.2 Å². The first-order valence-electron chi connectivity index (χ1n) is 8.52. The number of nitrogens with one attached hydrogen (secondary N) is 1. The molecule has 1 fully saturated rings. The fourth-order valence-electron chi connectivity index (χ4n) is 3.63. The molecule has 1 aromatic rings. The second kappa shape index (κ2) is 6.34. The highest BCUT2D eigenvalue weighted by atomic mass is 32.2. The summed E-state index contributed by atoms with van der Waals surface area (Å²) in [6.45, 7) is 7.17. The van der Waals surface area contributed by atoms with Gasteiger partial charge in [0, 0.05) is 17.8 Å². The van der Waals surface area contributed by atoms with E-state index in [4.69, 9.17) is 0 Å². The van der Waals surface area contributed by atoms with Crippen LogP contribution in [0.4, 0.5) is 0 Å². The van der Waals surface area contributed by atoms with Gasteiger partial charge in [0.05, 0.1) is 0 Å². The molecule has 1 aromatic carbocycles. The lowest BCUT2D eigenvalue weighted by molar-refractivity contribution is 0.232. The lowest BCUT2D eigenvalue weighted by Crippen LogP contribution is -2.47. The van der Waals surface area contributed by atoms with Crippen LogP contribution >= 0.6 is 11.8 Å². The fourth-order valence-corrected chi connectivity index (χ4v) is 5.25. The van der Waals surface area contributed by atoms with Crippen molar-refractivity contribution in [2.75, 3.05) is 11.5 Å². The van der Waals surface area contributed by atoms with Crippen molar-refractivity contribution in [3.05, 3.63) is 34.9 Å².